The third-order valence-corrected chi connectivity index (χ3v) is 3.75. The quantitative estimate of drug-likeness (QED) is 0.508. The van der Waals surface area contributed by atoms with Crippen LogP contribution >= 0.6 is 0 Å². The van der Waals surface area contributed by atoms with E-state index < -0.39 is 10.8 Å². The smallest absolute Gasteiger partial charge is 0.276 e. The van der Waals surface area contributed by atoms with Crippen molar-refractivity contribution >= 4 is 28.4 Å². The van der Waals surface area contributed by atoms with E-state index >= 15 is 0 Å². The zero-order chi connectivity index (χ0) is 19.2. The molecule has 1 aromatic heterocycles. The van der Waals surface area contributed by atoms with Gasteiger partial charge in [-0.3, -0.25) is 30.6 Å². The summed E-state index contributed by atoms with van der Waals surface area (Å²) in [5.41, 5.74) is 5.42. The third kappa shape index (κ3) is 4.60. The standard InChI is InChI=1S/C18H16N4O5/c23-17(11-21-10-9-13-3-1-2-4-16(13)21)19-20-18(24)12-27-15-7-5-14(6-8-15)22(25)26/h1-10H,11-12H2,(H,19,23)(H,20,24). The van der Waals surface area contributed by atoms with Crippen LogP contribution in [0.25, 0.3) is 10.9 Å². The highest BCUT2D eigenvalue weighted by molar-refractivity contribution is 5.85. The molecule has 1 heterocycles. The fourth-order valence-electron chi connectivity index (χ4n) is 2.46. The number of ether oxygens (including phenoxy) is 1. The summed E-state index contributed by atoms with van der Waals surface area (Å²) in [5.74, 6) is -0.639. The summed E-state index contributed by atoms with van der Waals surface area (Å²) in [7, 11) is 0. The Kier molecular flexibility index (Phi) is 5.31. The van der Waals surface area contributed by atoms with Crippen molar-refractivity contribution in [2.75, 3.05) is 6.61 Å². The molecule has 0 bridgehead atoms. The first-order valence-electron chi connectivity index (χ1n) is 8.02. The van der Waals surface area contributed by atoms with Gasteiger partial charge < -0.3 is 9.30 Å². The van der Waals surface area contributed by atoms with E-state index in [-0.39, 0.29) is 24.7 Å². The summed E-state index contributed by atoms with van der Waals surface area (Å²) in [6.45, 7) is -0.290. The molecule has 0 fully saturated rings. The van der Waals surface area contributed by atoms with Gasteiger partial charge in [0.05, 0.1) is 4.92 Å². The van der Waals surface area contributed by atoms with E-state index in [9.17, 15) is 19.7 Å². The summed E-state index contributed by atoms with van der Waals surface area (Å²) in [4.78, 5) is 33.8. The molecule has 0 radical (unpaired) electrons. The molecule has 138 valence electrons. The van der Waals surface area contributed by atoms with Crippen LogP contribution < -0.4 is 15.6 Å². The second kappa shape index (κ2) is 8.00. The van der Waals surface area contributed by atoms with Gasteiger partial charge in [0.25, 0.3) is 17.5 Å². The maximum atomic E-state index is 12.0. The molecule has 0 aliphatic rings. The lowest BCUT2D eigenvalue weighted by Gasteiger charge is -2.10. The number of para-hydroxylation sites is 1. The Morgan fingerprint density at radius 2 is 1.70 bits per heavy atom. The summed E-state index contributed by atoms with van der Waals surface area (Å²) in [5, 5.41) is 11.6. The molecule has 2 amide bonds. The molecule has 2 N–H and O–H groups in total. The van der Waals surface area contributed by atoms with Crippen LogP contribution in [-0.2, 0) is 16.1 Å². The van der Waals surface area contributed by atoms with Gasteiger partial charge >= 0.3 is 0 Å². The van der Waals surface area contributed by atoms with Crippen LogP contribution in [0, 0.1) is 10.1 Å². The van der Waals surface area contributed by atoms with Crippen molar-refractivity contribution in [3.05, 3.63) is 70.9 Å². The molecular formula is C18H16N4O5. The number of aromatic nitrogens is 1. The van der Waals surface area contributed by atoms with Gasteiger partial charge in [0.2, 0.25) is 0 Å². The number of carbonyl (C=O) groups excluding carboxylic acids is 2. The maximum Gasteiger partial charge on any atom is 0.276 e. The Morgan fingerprint density at radius 1 is 1.00 bits per heavy atom. The van der Waals surface area contributed by atoms with E-state index in [4.69, 9.17) is 4.74 Å². The number of nitro groups is 1. The Balaban J connectivity index is 1.44. The van der Waals surface area contributed by atoms with Gasteiger partial charge in [-0.1, -0.05) is 18.2 Å². The Hall–Kier alpha value is -3.88. The lowest BCUT2D eigenvalue weighted by molar-refractivity contribution is -0.384. The highest BCUT2D eigenvalue weighted by Crippen LogP contribution is 2.17. The fourth-order valence-corrected chi connectivity index (χ4v) is 2.46. The van der Waals surface area contributed by atoms with E-state index in [1.165, 1.54) is 24.3 Å². The lowest BCUT2D eigenvalue weighted by atomic mass is 10.2. The second-order valence-electron chi connectivity index (χ2n) is 5.64. The van der Waals surface area contributed by atoms with Crippen molar-refractivity contribution in [3.8, 4) is 5.75 Å². The molecule has 2 aromatic carbocycles. The van der Waals surface area contributed by atoms with Crippen molar-refractivity contribution < 1.29 is 19.2 Å². The molecule has 27 heavy (non-hydrogen) atoms. The number of fused-ring (bicyclic) bond motifs is 1. The molecule has 0 spiro atoms. The van der Waals surface area contributed by atoms with Gasteiger partial charge in [-0.15, -0.1) is 0 Å². The lowest BCUT2D eigenvalue weighted by Crippen LogP contribution is -2.45. The minimum Gasteiger partial charge on any atom is -0.484 e. The largest absolute Gasteiger partial charge is 0.484 e. The molecule has 3 rings (SSSR count). The van der Waals surface area contributed by atoms with Crippen LogP contribution in [0.15, 0.2) is 60.8 Å². The number of nitrogens with zero attached hydrogens (tertiary/aromatic N) is 2. The second-order valence-corrected chi connectivity index (χ2v) is 5.64. The number of hydrazine groups is 1. The molecule has 9 heteroatoms. The number of non-ortho nitro benzene ring substituents is 1. The van der Waals surface area contributed by atoms with Crippen LogP contribution in [0.5, 0.6) is 5.75 Å². The molecule has 9 nitrogen and oxygen atoms in total. The number of hydrogen-bond acceptors (Lipinski definition) is 5. The average molecular weight is 368 g/mol. The monoisotopic (exact) mass is 368 g/mol. The summed E-state index contributed by atoms with van der Waals surface area (Å²) in [6, 6.07) is 14.9. The fraction of sp³-hybridized carbons (Fsp3) is 0.111. The van der Waals surface area contributed by atoms with Crippen LogP contribution in [0.1, 0.15) is 0 Å². The van der Waals surface area contributed by atoms with Crippen molar-refractivity contribution in [1.29, 1.82) is 0 Å². The highest BCUT2D eigenvalue weighted by Gasteiger charge is 2.09. The molecule has 0 saturated carbocycles. The average Bonchev–Trinajstić information content (AvgIpc) is 3.08. The molecular weight excluding hydrogens is 352 g/mol. The van der Waals surface area contributed by atoms with Crippen molar-refractivity contribution in [2.24, 2.45) is 0 Å². The minimum atomic E-state index is -0.556. The first kappa shape index (κ1) is 17.9. The topological polar surface area (TPSA) is 116 Å². The Labute approximate surface area is 153 Å². The van der Waals surface area contributed by atoms with E-state index in [1.54, 1.807) is 10.8 Å². The SMILES string of the molecule is O=C(COc1ccc([N+](=O)[O-])cc1)NNC(=O)Cn1ccc2ccccc21. The predicted molar refractivity (Wildman–Crippen MR) is 96.8 cm³/mol. The normalized spacial score (nSPS) is 10.4. The number of rotatable bonds is 6. The van der Waals surface area contributed by atoms with Gasteiger partial charge in [-0.25, -0.2) is 0 Å². The predicted octanol–water partition coefficient (Wildman–Crippen LogP) is 1.78. The van der Waals surface area contributed by atoms with Gasteiger partial charge in [-0.05, 0) is 29.7 Å². The van der Waals surface area contributed by atoms with Gasteiger partial charge in [0.15, 0.2) is 6.61 Å². The van der Waals surface area contributed by atoms with Crippen LogP contribution in [-0.4, -0.2) is 27.9 Å². The number of benzene rings is 2. The summed E-state index contributed by atoms with van der Waals surface area (Å²) >= 11 is 0. The van der Waals surface area contributed by atoms with E-state index in [0.717, 1.165) is 10.9 Å². The number of carbonyl (C=O) groups is 2. The first-order chi connectivity index (χ1) is 13.0. The van der Waals surface area contributed by atoms with Crippen molar-refractivity contribution in [2.45, 2.75) is 6.54 Å². The van der Waals surface area contributed by atoms with Gasteiger partial charge in [0, 0.05) is 23.8 Å². The molecule has 0 aliphatic heterocycles. The van der Waals surface area contributed by atoms with E-state index in [0.29, 0.717) is 5.75 Å². The van der Waals surface area contributed by atoms with Crippen LogP contribution in [0.3, 0.4) is 0 Å². The maximum absolute atomic E-state index is 12.0. The zero-order valence-corrected chi connectivity index (χ0v) is 14.1. The Morgan fingerprint density at radius 3 is 2.44 bits per heavy atom. The molecule has 3 aromatic rings. The zero-order valence-electron chi connectivity index (χ0n) is 14.1. The number of amides is 2. The molecule has 0 unspecified atom stereocenters. The van der Waals surface area contributed by atoms with Crippen LogP contribution in [0.2, 0.25) is 0 Å². The van der Waals surface area contributed by atoms with Crippen LogP contribution in [0.4, 0.5) is 5.69 Å². The van der Waals surface area contributed by atoms with E-state index in [1.807, 2.05) is 30.3 Å². The Bertz CT molecular complexity index is 981. The third-order valence-electron chi connectivity index (χ3n) is 3.75. The number of hydrogen-bond donors (Lipinski definition) is 2. The molecule has 0 aliphatic carbocycles. The minimum absolute atomic E-state index is 0.0526. The number of nitrogens with one attached hydrogen (secondary N) is 2. The molecule has 0 atom stereocenters. The highest BCUT2D eigenvalue weighted by atomic mass is 16.6. The van der Waals surface area contributed by atoms with Gasteiger partial charge in [0.1, 0.15) is 12.3 Å². The van der Waals surface area contributed by atoms with E-state index in [2.05, 4.69) is 10.9 Å². The molecule has 0 saturated heterocycles. The number of nitro benzene ring substituents is 1. The first-order valence-corrected chi connectivity index (χ1v) is 8.02. The van der Waals surface area contributed by atoms with Crippen molar-refractivity contribution in [3.63, 3.8) is 0 Å². The van der Waals surface area contributed by atoms with Gasteiger partial charge in [-0.2, -0.15) is 0 Å². The summed E-state index contributed by atoms with van der Waals surface area (Å²) in [6.07, 6.45) is 1.80. The summed E-state index contributed by atoms with van der Waals surface area (Å²) < 4.78 is 6.98. The van der Waals surface area contributed by atoms with Crippen molar-refractivity contribution in [1.82, 2.24) is 15.4 Å².